The number of hydrogen-bond acceptors (Lipinski definition) is 6. The second-order valence-corrected chi connectivity index (χ2v) is 9.51. The Morgan fingerprint density at radius 1 is 1.00 bits per heavy atom. The highest BCUT2D eigenvalue weighted by molar-refractivity contribution is 7.89. The summed E-state index contributed by atoms with van der Waals surface area (Å²) in [6.07, 6.45) is 2.82. The van der Waals surface area contributed by atoms with Crippen LogP contribution in [0.5, 0.6) is 0 Å². The lowest BCUT2D eigenvalue weighted by Gasteiger charge is -2.25. The van der Waals surface area contributed by atoms with Gasteiger partial charge in [0.2, 0.25) is 15.9 Å². The van der Waals surface area contributed by atoms with Crippen LogP contribution in [0.25, 0.3) is 11.5 Å². The lowest BCUT2D eigenvalue weighted by atomic mass is 10.1. The Hall–Kier alpha value is -3.04. The molecule has 0 spiro atoms. The summed E-state index contributed by atoms with van der Waals surface area (Å²) in [5, 5.41) is 10.5. The first-order valence-electron chi connectivity index (χ1n) is 10.2. The minimum Gasteiger partial charge on any atom is -0.412 e. The van der Waals surface area contributed by atoms with Crippen molar-refractivity contribution in [1.29, 1.82) is 0 Å². The van der Waals surface area contributed by atoms with E-state index in [9.17, 15) is 13.2 Å². The fourth-order valence-electron chi connectivity index (χ4n) is 3.42. The topological polar surface area (TPSA) is 105 Å². The van der Waals surface area contributed by atoms with Crippen molar-refractivity contribution >= 4 is 15.9 Å². The smallest absolute Gasteiger partial charge is 0.309 e. The molecular formula is C22H24N4O4S. The molecule has 1 amide bonds. The summed E-state index contributed by atoms with van der Waals surface area (Å²) in [7, 11) is -3.50. The zero-order chi connectivity index (χ0) is 21.8. The summed E-state index contributed by atoms with van der Waals surface area (Å²) in [4.78, 5) is 12.5. The summed E-state index contributed by atoms with van der Waals surface area (Å²) in [6.45, 7) is 3.45. The average Bonchev–Trinajstić information content (AvgIpc) is 3.30. The molecule has 1 N–H and O–H groups in total. The normalized spacial score (nSPS) is 15.0. The van der Waals surface area contributed by atoms with Gasteiger partial charge < -0.3 is 9.73 Å². The van der Waals surface area contributed by atoms with E-state index in [0.29, 0.717) is 25.2 Å². The highest BCUT2D eigenvalue weighted by Gasteiger charge is 2.26. The van der Waals surface area contributed by atoms with E-state index in [4.69, 9.17) is 4.42 Å². The molecule has 1 aromatic heterocycles. The first kappa shape index (κ1) is 21.2. The second kappa shape index (κ2) is 8.99. The zero-order valence-electron chi connectivity index (χ0n) is 17.2. The third kappa shape index (κ3) is 4.83. The number of hydrogen-bond donors (Lipinski definition) is 1. The fourth-order valence-corrected chi connectivity index (χ4v) is 4.94. The van der Waals surface area contributed by atoms with Gasteiger partial charge in [0.25, 0.3) is 0 Å². The van der Waals surface area contributed by atoms with Crippen LogP contribution < -0.4 is 5.32 Å². The molecule has 0 atom stereocenters. The number of piperidine rings is 1. The van der Waals surface area contributed by atoms with Crippen LogP contribution >= 0.6 is 0 Å². The van der Waals surface area contributed by atoms with E-state index in [1.807, 2.05) is 31.2 Å². The number of aromatic nitrogens is 2. The molecule has 1 saturated heterocycles. The molecule has 2 aromatic carbocycles. The lowest BCUT2D eigenvalue weighted by Crippen LogP contribution is -2.35. The maximum absolute atomic E-state index is 12.8. The maximum atomic E-state index is 12.8. The molecule has 4 rings (SSSR count). The third-order valence-corrected chi connectivity index (χ3v) is 7.16. The minimum atomic E-state index is -3.50. The van der Waals surface area contributed by atoms with Crippen molar-refractivity contribution in [2.45, 2.75) is 37.6 Å². The van der Waals surface area contributed by atoms with Crippen LogP contribution in [0.15, 0.2) is 57.8 Å². The molecular weight excluding hydrogens is 416 g/mol. The number of nitrogens with zero attached hydrogens (tertiary/aromatic N) is 3. The van der Waals surface area contributed by atoms with Crippen LogP contribution in [-0.4, -0.2) is 41.9 Å². The molecule has 162 valence electrons. The van der Waals surface area contributed by atoms with Gasteiger partial charge in [-0.25, -0.2) is 8.42 Å². The van der Waals surface area contributed by atoms with Gasteiger partial charge in [-0.05, 0) is 49.6 Å². The van der Waals surface area contributed by atoms with Gasteiger partial charge in [0.15, 0.2) is 0 Å². The summed E-state index contributed by atoms with van der Waals surface area (Å²) in [6, 6.07) is 14.1. The molecule has 0 aliphatic carbocycles. The first-order valence-corrected chi connectivity index (χ1v) is 11.7. The number of rotatable bonds is 6. The van der Waals surface area contributed by atoms with Crippen molar-refractivity contribution in [3.63, 3.8) is 0 Å². The van der Waals surface area contributed by atoms with E-state index >= 15 is 0 Å². The number of nitrogens with one attached hydrogen (secondary N) is 1. The predicted octanol–water partition coefficient (Wildman–Crippen LogP) is 3.15. The average molecular weight is 441 g/mol. The van der Waals surface area contributed by atoms with Crippen LogP contribution in [0, 0.1) is 6.92 Å². The van der Waals surface area contributed by atoms with Gasteiger partial charge in [0.05, 0.1) is 4.90 Å². The van der Waals surface area contributed by atoms with Crippen LogP contribution in [0.2, 0.25) is 0 Å². The van der Waals surface area contributed by atoms with Crippen LogP contribution in [-0.2, 0) is 16.6 Å². The molecule has 1 aliphatic heterocycles. The molecule has 8 nitrogen and oxygen atoms in total. The summed E-state index contributed by atoms with van der Waals surface area (Å²) in [5.41, 5.74) is 2.65. The molecule has 3 aromatic rings. The highest BCUT2D eigenvalue weighted by atomic mass is 32.2. The number of benzene rings is 2. The second-order valence-electron chi connectivity index (χ2n) is 7.57. The molecule has 2 heterocycles. The minimum absolute atomic E-state index is 0.146. The number of carbonyl (C=O) groups excluding carboxylic acids is 1. The van der Waals surface area contributed by atoms with Crippen molar-refractivity contribution in [2.75, 3.05) is 13.1 Å². The number of carbonyl (C=O) groups is 1. The standard InChI is InChI=1S/C22H24N4O4S/c1-16-5-7-17(8-6-16)15-23-20(27)22-25-24-21(30-22)18-9-11-19(12-10-18)31(28,29)26-13-3-2-4-14-26/h5-12H,2-4,13-15H2,1H3,(H,23,27). The molecule has 0 unspecified atom stereocenters. The molecule has 1 aliphatic rings. The van der Waals surface area contributed by atoms with Gasteiger partial charge in [-0.3, -0.25) is 4.79 Å². The molecule has 0 bridgehead atoms. The number of sulfonamides is 1. The molecule has 31 heavy (non-hydrogen) atoms. The van der Waals surface area contributed by atoms with E-state index in [1.54, 1.807) is 12.1 Å². The Morgan fingerprint density at radius 3 is 2.35 bits per heavy atom. The largest absolute Gasteiger partial charge is 0.412 e. The highest BCUT2D eigenvalue weighted by Crippen LogP contribution is 2.24. The monoisotopic (exact) mass is 440 g/mol. The molecule has 0 radical (unpaired) electrons. The van der Waals surface area contributed by atoms with Gasteiger partial charge in [0, 0.05) is 25.2 Å². The van der Waals surface area contributed by atoms with Gasteiger partial charge in [0.1, 0.15) is 0 Å². The van der Waals surface area contributed by atoms with E-state index in [2.05, 4.69) is 15.5 Å². The van der Waals surface area contributed by atoms with Gasteiger partial charge in [-0.15, -0.1) is 10.2 Å². The Bertz CT molecular complexity index is 1150. The molecule has 0 saturated carbocycles. The number of amides is 1. The van der Waals surface area contributed by atoms with Crippen LogP contribution in [0.4, 0.5) is 0 Å². The summed E-state index contributed by atoms with van der Waals surface area (Å²) < 4.78 is 32.5. The van der Waals surface area contributed by atoms with Crippen molar-refractivity contribution in [3.05, 3.63) is 65.5 Å². The molecule has 9 heteroatoms. The fraction of sp³-hybridized carbons (Fsp3) is 0.318. The van der Waals surface area contributed by atoms with E-state index in [-0.39, 0.29) is 16.7 Å². The Balaban J connectivity index is 1.42. The van der Waals surface area contributed by atoms with Crippen LogP contribution in [0.1, 0.15) is 41.1 Å². The Labute approximate surface area is 181 Å². The summed E-state index contributed by atoms with van der Waals surface area (Å²) in [5.74, 6) is -0.460. The zero-order valence-corrected chi connectivity index (χ0v) is 18.1. The van der Waals surface area contributed by atoms with E-state index in [1.165, 1.54) is 16.4 Å². The van der Waals surface area contributed by atoms with Crippen molar-refractivity contribution in [2.24, 2.45) is 0 Å². The van der Waals surface area contributed by atoms with Gasteiger partial charge >= 0.3 is 11.8 Å². The van der Waals surface area contributed by atoms with E-state index in [0.717, 1.165) is 30.4 Å². The Kier molecular flexibility index (Phi) is 6.15. The van der Waals surface area contributed by atoms with E-state index < -0.39 is 15.9 Å². The predicted molar refractivity (Wildman–Crippen MR) is 115 cm³/mol. The number of aryl methyl sites for hydroxylation is 1. The maximum Gasteiger partial charge on any atom is 0.309 e. The molecule has 1 fully saturated rings. The van der Waals surface area contributed by atoms with Gasteiger partial charge in [-0.2, -0.15) is 4.31 Å². The van der Waals surface area contributed by atoms with Crippen molar-refractivity contribution in [3.8, 4) is 11.5 Å². The quantitative estimate of drug-likeness (QED) is 0.631. The van der Waals surface area contributed by atoms with Crippen molar-refractivity contribution in [1.82, 2.24) is 19.8 Å². The SMILES string of the molecule is Cc1ccc(CNC(=O)c2nnc(-c3ccc(S(=O)(=O)N4CCCCC4)cc3)o2)cc1. The van der Waals surface area contributed by atoms with Crippen LogP contribution in [0.3, 0.4) is 0 Å². The van der Waals surface area contributed by atoms with Gasteiger partial charge in [-0.1, -0.05) is 36.2 Å². The first-order chi connectivity index (χ1) is 14.9. The van der Waals surface area contributed by atoms with Crippen molar-refractivity contribution < 1.29 is 17.6 Å². The lowest BCUT2D eigenvalue weighted by molar-refractivity contribution is 0.0917. The third-order valence-electron chi connectivity index (χ3n) is 5.25. The summed E-state index contributed by atoms with van der Waals surface area (Å²) >= 11 is 0. The Morgan fingerprint density at radius 2 is 1.68 bits per heavy atom.